The third kappa shape index (κ3) is 3.82. The van der Waals surface area contributed by atoms with Crippen LogP contribution in [0.3, 0.4) is 0 Å². The number of oxime groups is 1. The van der Waals surface area contributed by atoms with Gasteiger partial charge in [0.15, 0.2) is 5.71 Å². The first-order valence-electron chi connectivity index (χ1n) is 4.87. The highest BCUT2D eigenvalue weighted by atomic mass is 16.6. The molecular formula is C12H16N2O. The van der Waals surface area contributed by atoms with Crippen LogP contribution in [-0.2, 0) is 4.84 Å². The summed E-state index contributed by atoms with van der Waals surface area (Å²) in [6.45, 7) is 5.93. The van der Waals surface area contributed by atoms with Gasteiger partial charge in [0.1, 0.15) is 13.2 Å². The SMILES string of the molecule is CC.CO/N=C(/C#N)c1ccccc1C. The van der Waals surface area contributed by atoms with Crippen LogP contribution in [0.2, 0.25) is 0 Å². The maximum atomic E-state index is 8.77. The quantitative estimate of drug-likeness (QED) is 0.549. The highest BCUT2D eigenvalue weighted by Gasteiger charge is 2.04. The minimum atomic E-state index is 0.306. The second-order valence-corrected chi connectivity index (χ2v) is 2.55. The van der Waals surface area contributed by atoms with Crippen molar-refractivity contribution in [1.82, 2.24) is 0 Å². The molecule has 0 amide bonds. The van der Waals surface area contributed by atoms with Crippen molar-refractivity contribution in [2.45, 2.75) is 20.8 Å². The standard InChI is InChI=1S/C10H10N2O.C2H6/c1-8-5-3-4-6-9(8)10(7-11)12-13-2;1-2/h3-6H,1-2H3;1-2H3/b12-10-;. The molecule has 0 spiro atoms. The summed E-state index contributed by atoms with van der Waals surface area (Å²) in [7, 11) is 1.43. The van der Waals surface area contributed by atoms with E-state index < -0.39 is 0 Å². The van der Waals surface area contributed by atoms with Crippen molar-refractivity contribution in [2.75, 3.05) is 7.11 Å². The predicted molar refractivity (Wildman–Crippen MR) is 61.7 cm³/mol. The predicted octanol–water partition coefficient (Wildman–Crippen LogP) is 2.90. The van der Waals surface area contributed by atoms with E-state index in [1.165, 1.54) is 7.11 Å². The molecule has 15 heavy (non-hydrogen) atoms. The molecule has 0 saturated heterocycles. The first kappa shape index (κ1) is 13.2. The van der Waals surface area contributed by atoms with Crippen molar-refractivity contribution < 1.29 is 4.84 Å². The van der Waals surface area contributed by atoms with Crippen LogP contribution in [0.15, 0.2) is 29.4 Å². The summed E-state index contributed by atoms with van der Waals surface area (Å²) in [5, 5.41) is 12.4. The fourth-order valence-corrected chi connectivity index (χ4v) is 1.06. The summed E-state index contributed by atoms with van der Waals surface area (Å²) < 4.78 is 0. The molecule has 3 nitrogen and oxygen atoms in total. The first-order chi connectivity index (χ1) is 7.29. The second kappa shape index (κ2) is 7.57. The van der Waals surface area contributed by atoms with Gasteiger partial charge in [0.25, 0.3) is 0 Å². The van der Waals surface area contributed by atoms with Crippen LogP contribution in [0.5, 0.6) is 0 Å². The molecule has 0 aliphatic carbocycles. The molecule has 0 fully saturated rings. The van der Waals surface area contributed by atoms with Crippen LogP contribution >= 0.6 is 0 Å². The molecule has 0 unspecified atom stereocenters. The number of hydrogen-bond acceptors (Lipinski definition) is 3. The lowest BCUT2D eigenvalue weighted by Crippen LogP contribution is -2.00. The van der Waals surface area contributed by atoms with Crippen molar-refractivity contribution in [2.24, 2.45) is 5.16 Å². The highest BCUT2D eigenvalue weighted by molar-refractivity contribution is 6.12. The Morgan fingerprint density at radius 1 is 1.33 bits per heavy atom. The Hall–Kier alpha value is -1.82. The average Bonchev–Trinajstić information content (AvgIpc) is 2.30. The van der Waals surface area contributed by atoms with Gasteiger partial charge in [-0.1, -0.05) is 43.3 Å². The Balaban J connectivity index is 0.000000921. The lowest BCUT2D eigenvalue weighted by Gasteiger charge is -2.00. The fraction of sp³-hybridized carbons (Fsp3) is 0.333. The molecule has 0 radical (unpaired) electrons. The zero-order valence-electron chi connectivity index (χ0n) is 9.61. The Kier molecular flexibility index (Phi) is 6.65. The summed E-state index contributed by atoms with van der Waals surface area (Å²) in [5.41, 5.74) is 2.13. The van der Waals surface area contributed by atoms with E-state index in [9.17, 15) is 0 Å². The minimum absolute atomic E-state index is 0.306. The summed E-state index contributed by atoms with van der Waals surface area (Å²) in [4.78, 5) is 4.57. The Morgan fingerprint density at radius 2 is 1.93 bits per heavy atom. The van der Waals surface area contributed by atoms with Crippen LogP contribution in [0.1, 0.15) is 25.0 Å². The molecule has 0 N–H and O–H groups in total. The molecule has 0 bridgehead atoms. The molecular weight excluding hydrogens is 188 g/mol. The third-order valence-electron chi connectivity index (χ3n) is 1.69. The topological polar surface area (TPSA) is 45.4 Å². The van der Waals surface area contributed by atoms with Gasteiger partial charge in [0.2, 0.25) is 0 Å². The molecule has 0 heterocycles. The average molecular weight is 204 g/mol. The molecule has 1 rings (SSSR count). The van der Waals surface area contributed by atoms with Gasteiger partial charge < -0.3 is 4.84 Å². The summed E-state index contributed by atoms with van der Waals surface area (Å²) in [6.07, 6.45) is 0. The second-order valence-electron chi connectivity index (χ2n) is 2.55. The maximum absolute atomic E-state index is 8.77. The Labute approximate surface area is 91.0 Å². The monoisotopic (exact) mass is 204 g/mol. The molecule has 0 aliphatic rings. The van der Waals surface area contributed by atoms with E-state index in [2.05, 4.69) is 9.99 Å². The van der Waals surface area contributed by atoms with Crippen LogP contribution in [0, 0.1) is 18.3 Å². The van der Waals surface area contributed by atoms with Crippen LogP contribution in [0.4, 0.5) is 0 Å². The zero-order chi connectivity index (χ0) is 11.7. The number of rotatable bonds is 2. The Morgan fingerprint density at radius 3 is 2.40 bits per heavy atom. The lowest BCUT2D eigenvalue weighted by molar-refractivity contribution is 0.214. The molecule has 3 heteroatoms. The molecule has 0 aliphatic heterocycles. The van der Waals surface area contributed by atoms with E-state index in [0.29, 0.717) is 5.71 Å². The molecule has 0 atom stereocenters. The van der Waals surface area contributed by atoms with Crippen LogP contribution in [-0.4, -0.2) is 12.8 Å². The van der Waals surface area contributed by atoms with Crippen LogP contribution in [0.25, 0.3) is 0 Å². The van der Waals surface area contributed by atoms with Gasteiger partial charge in [-0.15, -0.1) is 0 Å². The number of nitriles is 1. The van der Waals surface area contributed by atoms with E-state index in [1.807, 2.05) is 51.1 Å². The summed E-state index contributed by atoms with van der Waals surface area (Å²) >= 11 is 0. The smallest absolute Gasteiger partial charge is 0.187 e. The van der Waals surface area contributed by atoms with E-state index in [4.69, 9.17) is 5.26 Å². The number of hydrogen-bond donors (Lipinski definition) is 0. The highest BCUT2D eigenvalue weighted by Crippen LogP contribution is 2.08. The minimum Gasteiger partial charge on any atom is -0.398 e. The number of benzene rings is 1. The van der Waals surface area contributed by atoms with Crippen molar-refractivity contribution in [3.05, 3.63) is 35.4 Å². The molecule has 80 valence electrons. The van der Waals surface area contributed by atoms with Gasteiger partial charge in [-0.2, -0.15) is 5.26 Å². The van der Waals surface area contributed by atoms with E-state index in [1.54, 1.807) is 0 Å². The van der Waals surface area contributed by atoms with Crippen molar-refractivity contribution in [3.8, 4) is 6.07 Å². The van der Waals surface area contributed by atoms with Crippen molar-refractivity contribution in [1.29, 1.82) is 5.26 Å². The number of aryl methyl sites for hydroxylation is 1. The number of nitrogens with zero attached hydrogens (tertiary/aromatic N) is 2. The molecule has 0 aromatic heterocycles. The zero-order valence-corrected chi connectivity index (χ0v) is 9.61. The van der Waals surface area contributed by atoms with Gasteiger partial charge in [-0.3, -0.25) is 0 Å². The molecule has 1 aromatic carbocycles. The van der Waals surface area contributed by atoms with Crippen LogP contribution < -0.4 is 0 Å². The first-order valence-corrected chi connectivity index (χ1v) is 4.87. The van der Waals surface area contributed by atoms with Crippen molar-refractivity contribution >= 4 is 5.71 Å². The summed E-state index contributed by atoms with van der Waals surface area (Å²) in [6, 6.07) is 9.54. The van der Waals surface area contributed by atoms with E-state index >= 15 is 0 Å². The molecule has 0 saturated carbocycles. The van der Waals surface area contributed by atoms with Gasteiger partial charge in [0, 0.05) is 5.56 Å². The Bertz CT molecular complexity index is 364. The molecule has 1 aromatic rings. The summed E-state index contributed by atoms with van der Waals surface area (Å²) in [5.74, 6) is 0. The maximum Gasteiger partial charge on any atom is 0.187 e. The van der Waals surface area contributed by atoms with E-state index in [0.717, 1.165) is 11.1 Å². The van der Waals surface area contributed by atoms with E-state index in [-0.39, 0.29) is 0 Å². The van der Waals surface area contributed by atoms with Gasteiger partial charge in [0.05, 0.1) is 0 Å². The lowest BCUT2D eigenvalue weighted by atomic mass is 10.1. The largest absolute Gasteiger partial charge is 0.398 e. The van der Waals surface area contributed by atoms with Crippen molar-refractivity contribution in [3.63, 3.8) is 0 Å². The van der Waals surface area contributed by atoms with Gasteiger partial charge >= 0.3 is 0 Å². The third-order valence-corrected chi connectivity index (χ3v) is 1.69. The van der Waals surface area contributed by atoms with Gasteiger partial charge in [-0.25, -0.2) is 0 Å². The van der Waals surface area contributed by atoms with Gasteiger partial charge in [-0.05, 0) is 12.5 Å². The normalized spacial score (nSPS) is 9.67. The fourth-order valence-electron chi connectivity index (χ4n) is 1.06.